The van der Waals surface area contributed by atoms with Crippen molar-refractivity contribution in [1.29, 1.82) is 0 Å². The maximum absolute atomic E-state index is 11.5. The largest absolute Gasteiger partial charge is 0.480 e. The van der Waals surface area contributed by atoms with Crippen molar-refractivity contribution in [3.05, 3.63) is 0 Å². The Morgan fingerprint density at radius 2 is 2.21 bits per heavy atom. The van der Waals surface area contributed by atoms with Crippen molar-refractivity contribution >= 4 is 5.97 Å². The monoisotopic (exact) mass is 271 g/mol. The zero-order valence-electron chi connectivity index (χ0n) is 11.9. The molecule has 0 aromatic heterocycles. The van der Waals surface area contributed by atoms with E-state index in [1.807, 2.05) is 13.8 Å². The van der Waals surface area contributed by atoms with Crippen LogP contribution in [0.25, 0.3) is 0 Å². The van der Waals surface area contributed by atoms with Crippen LogP contribution >= 0.6 is 0 Å². The summed E-state index contributed by atoms with van der Waals surface area (Å²) in [4.78, 5) is 11.5. The summed E-state index contributed by atoms with van der Waals surface area (Å²) in [5.74, 6) is -0.733. The van der Waals surface area contributed by atoms with E-state index >= 15 is 0 Å². The molecule has 2 aliphatic carbocycles. The molecule has 2 fully saturated rings. The molecule has 0 aliphatic heterocycles. The first kappa shape index (κ1) is 14.8. The highest BCUT2D eigenvalue weighted by Crippen LogP contribution is 2.36. The van der Waals surface area contributed by atoms with E-state index in [9.17, 15) is 9.90 Å². The van der Waals surface area contributed by atoms with Gasteiger partial charge in [-0.2, -0.15) is 0 Å². The molecule has 19 heavy (non-hydrogen) atoms. The number of carboxylic acid groups (broad SMARTS) is 1. The Kier molecular flexibility index (Phi) is 4.81. The second-order valence-corrected chi connectivity index (χ2v) is 5.78. The summed E-state index contributed by atoms with van der Waals surface area (Å²) in [6.07, 6.45) is 4.28. The van der Waals surface area contributed by atoms with Gasteiger partial charge < -0.3 is 14.6 Å². The van der Waals surface area contributed by atoms with Crippen LogP contribution in [0, 0.1) is 0 Å². The first-order valence-corrected chi connectivity index (χ1v) is 7.30. The fourth-order valence-electron chi connectivity index (χ4n) is 2.77. The predicted molar refractivity (Wildman–Crippen MR) is 71.2 cm³/mol. The Bertz CT molecular complexity index is 319. The minimum Gasteiger partial charge on any atom is -0.480 e. The summed E-state index contributed by atoms with van der Waals surface area (Å²) in [7, 11) is 0. The summed E-state index contributed by atoms with van der Waals surface area (Å²) in [6, 6.07) is 0.399. The Labute approximate surface area is 114 Å². The van der Waals surface area contributed by atoms with E-state index in [0.29, 0.717) is 32.1 Å². The number of hydrogen-bond acceptors (Lipinski definition) is 4. The molecule has 5 heteroatoms. The Morgan fingerprint density at radius 3 is 2.79 bits per heavy atom. The van der Waals surface area contributed by atoms with Crippen LogP contribution in [0.15, 0.2) is 0 Å². The Balaban J connectivity index is 1.83. The molecule has 2 aliphatic rings. The lowest BCUT2D eigenvalue weighted by Gasteiger charge is -2.26. The molecule has 3 unspecified atom stereocenters. The predicted octanol–water partition coefficient (Wildman–Crippen LogP) is 1.56. The van der Waals surface area contributed by atoms with E-state index in [1.165, 1.54) is 0 Å². The highest BCUT2D eigenvalue weighted by Gasteiger charge is 2.48. The van der Waals surface area contributed by atoms with Crippen molar-refractivity contribution in [2.24, 2.45) is 0 Å². The van der Waals surface area contributed by atoms with Crippen LogP contribution in [-0.4, -0.2) is 48.1 Å². The third-order valence-corrected chi connectivity index (χ3v) is 3.92. The molecule has 2 N–H and O–H groups in total. The van der Waals surface area contributed by atoms with Crippen LogP contribution in [0.4, 0.5) is 0 Å². The van der Waals surface area contributed by atoms with Crippen LogP contribution in [0.1, 0.15) is 46.0 Å². The van der Waals surface area contributed by atoms with Crippen molar-refractivity contribution in [3.8, 4) is 0 Å². The topological polar surface area (TPSA) is 67.8 Å². The average molecular weight is 271 g/mol. The summed E-state index contributed by atoms with van der Waals surface area (Å²) >= 11 is 0. The standard InChI is InChI=1S/C14H25NO4/c1-3-18-9-10(2)19-12-6-7-14(8-12,13(16)17)15-11-4-5-11/h10-12,15H,3-9H2,1-2H3,(H,16,17). The number of rotatable bonds is 8. The van der Waals surface area contributed by atoms with Gasteiger partial charge in [0.25, 0.3) is 0 Å². The third kappa shape index (κ3) is 3.91. The molecule has 0 bridgehead atoms. The minimum atomic E-state index is -0.767. The van der Waals surface area contributed by atoms with Crippen molar-refractivity contribution in [1.82, 2.24) is 5.32 Å². The lowest BCUT2D eigenvalue weighted by molar-refractivity contribution is -0.145. The number of carbonyl (C=O) groups is 1. The molecule has 2 saturated carbocycles. The van der Waals surface area contributed by atoms with Crippen LogP contribution in [0.2, 0.25) is 0 Å². The summed E-state index contributed by atoms with van der Waals surface area (Å²) in [5.41, 5.74) is -0.767. The minimum absolute atomic E-state index is 0.0236. The fourth-order valence-corrected chi connectivity index (χ4v) is 2.77. The molecule has 2 rings (SSSR count). The van der Waals surface area contributed by atoms with E-state index in [2.05, 4.69) is 5.32 Å². The molecule has 0 saturated heterocycles. The summed E-state index contributed by atoms with van der Waals surface area (Å²) in [6.45, 7) is 5.19. The Hall–Kier alpha value is -0.650. The first-order chi connectivity index (χ1) is 9.05. The van der Waals surface area contributed by atoms with Gasteiger partial charge in [0.2, 0.25) is 0 Å². The second-order valence-electron chi connectivity index (χ2n) is 5.78. The molecule has 0 aromatic carbocycles. The highest BCUT2D eigenvalue weighted by atomic mass is 16.5. The maximum Gasteiger partial charge on any atom is 0.324 e. The Morgan fingerprint density at radius 1 is 1.47 bits per heavy atom. The quantitative estimate of drug-likeness (QED) is 0.701. The molecule has 0 heterocycles. The van der Waals surface area contributed by atoms with Crippen LogP contribution in [0.5, 0.6) is 0 Å². The normalized spacial score (nSPS) is 32.4. The zero-order chi connectivity index (χ0) is 13.9. The van der Waals surface area contributed by atoms with E-state index in [1.54, 1.807) is 0 Å². The lowest BCUT2D eigenvalue weighted by atomic mass is 9.97. The average Bonchev–Trinajstić information content (AvgIpc) is 3.07. The van der Waals surface area contributed by atoms with Gasteiger partial charge in [-0.1, -0.05) is 0 Å². The van der Waals surface area contributed by atoms with E-state index in [-0.39, 0.29) is 12.2 Å². The molecule has 110 valence electrons. The van der Waals surface area contributed by atoms with Crippen molar-refractivity contribution in [3.63, 3.8) is 0 Å². The molecular formula is C14H25NO4. The highest BCUT2D eigenvalue weighted by molar-refractivity contribution is 5.79. The van der Waals surface area contributed by atoms with Gasteiger partial charge in [-0.05, 0) is 39.5 Å². The summed E-state index contributed by atoms with van der Waals surface area (Å²) in [5, 5.41) is 12.8. The van der Waals surface area contributed by atoms with Crippen molar-refractivity contribution in [2.75, 3.05) is 13.2 Å². The SMILES string of the molecule is CCOCC(C)OC1CCC(NC2CC2)(C(=O)O)C1. The molecule has 0 aromatic rings. The van der Waals surface area contributed by atoms with E-state index in [4.69, 9.17) is 9.47 Å². The lowest BCUT2D eigenvalue weighted by Crippen LogP contribution is -2.51. The number of aliphatic carboxylic acids is 1. The van der Waals surface area contributed by atoms with Gasteiger partial charge in [-0.15, -0.1) is 0 Å². The van der Waals surface area contributed by atoms with Crippen LogP contribution in [0.3, 0.4) is 0 Å². The van der Waals surface area contributed by atoms with Crippen LogP contribution in [-0.2, 0) is 14.3 Å². The van der Waals surface area contributed by atoms with Gasteiger partial charge in [0.05, 0.1) is 18.8 Å². The number of carboxylic acids is 1. The number of nitrogens with one attached hydrogen (secondary N) is 1. The van der Waals surface area contributed by atoms with E-state index in [0.717, 1.165) is 19.3 Å². The third-order valence-electron chi connectivity index (χ3n) is 3.92. The van der Waals surface area contributed by atoms with Crippen molar-refractivity contribution in [2.45, 2.75) is 69.7 Å². The number of hydrogen-bond donors (Lipinski definition) is 2. The molecular weight excluding hydrogens is 246 g/mol. The summed E-state index contributed by atoms with van der Waals surface area (Å²) < 4.78 is 11.2. The van der Waals surface area contributed by atoms with E-state index < -0.39 is 11.5 Å². The first-order valence-electron chi connectivity index (χ1n) is 7.30. The van der Waals surface area contributed by atoms with Gasteiger partial charge >= 0.3 is 5.97 Å². The maximum atomic E-state index is 11.5. The van der Waals surface area contributed by atoms with Gasteiger partial charge in [-0.25, -0.2) is 0 Å². The van der Waals surface area contributed by atoms with Gasteiger partial charge in [0.15, 0.2) is 0 Å². The van der Waals surface area contributed by atoms with Crippen molar-refractivity contribution < 1.29 is 19.4 Å². The molecule has 3 atom stereocenters. The fraction of sp³-hybridized carbons (Fsp3) is 0.929. The zero-order valence-corrected chi connectivity index (χ0v) is 11.9. The van der Waals surface area contributed by atoms with Crippen LogP contribution < -0.4 is 5.32 Å². The van der Waals surface area contributed by atoms with Gasteiger partial charge in [0, 0.05) is 19.1 Å². The smallest absolute Gasteiger partial charge is 0.324 e. The number of ether oxygens (including phenoxy) is 2. The van der Waals surface area contributed by atoms with Gasteiger partial charge in [0.1, 0.15) is 5.54 Å². The molecule has 0 radical (unpaired) electrons. The van der Waals surface area contributed by atoms with Gasteiger partial charge in [-0.3, -0.25) is 10.1 Å². The molecule has 5 nitrogen and oxygen atoms in total. The molecule has 0 amide bonds. The second kappa shape index (κ2) is 6.20. The molecule has 0 spiro atoms.